The number of thioether (sulfide) groups is 1. The smallest absolute Gasteiger partial charge is 0.394 e. The van der Waals surface area contributed by atoms with Gasteiger partial charge in [-0.25, -0.2) is 4.98 Å². The van der Waals surface area contributed by atoms with Gasteiger partial charge in [0, 0.05) is 36.7 Å². The monoisotopic (exact) mass is 662 g/mol. The summed E-state index contributed by atoms with van der Waals surface area (Å²) in [6, 6.07) is 6.39. The summed E-state index contributed by atoms with van der Waals surface area (Å²) in [5, 5.41) is 28.0. The van der Waals surface area contributed by atoms with E-state index in [1.807, 2.05) is 31.5 Å². The number of nitrogens with zero attached hydrogens (tertiary/aromatic N) is 6. The molecule has 6 rings (SSSR count). The van der Waals surface area contributed by atoms with E-state index in [2.05, 4.69) is 20.1 Å². The van der Waals surface area contributed by atoms with Crippen molar-refractivity contribution in [1.29, 1.82) is 0 Å². The Balaban J connectivity index is 0.00000204. The molecule has 1 aromatic carbocycles. The Morgan fingerprint density at radius 3 is 2.46 bits per heavy atom. The third-order valence-electron chi connectivity index (χ3n) is 8.63. The second-order valence-electron chi connectivity index (χ2n) is 11.9. The van der Waals surface area contributed by atoms with E-state index >= 15 is 0 Å². The second-order valence-corrected chi connectivity index (χ2v) is 12.9. The molecule has 2 aromatic heterocycles. The lowest BCUT2D eigenvalue weighted by atomic mass is 9.76. The number of likely N-dealkylation sites (tertiary alicyclic amines) is 1. The topological polar surface area (TPSA) is 117 Å². The Kier molecular flexibility index (Phi) is 10.7. The molecule has 46 heavy (non-hydrogen) atoms. The number of aliphatic hydroxyl groups excluding tert-OH is 2. The molecule has 0 spiro atoms. The summed E-state index contributed by atoms with van der Waals surface area (Å²) in [6.45, 7) is 6.05. The number of hydrogen-bond donors (Lipinski definition) is 2. The minimum Gasteiger partial charge on any atom is -0.394 e. The number of ether oxygens (including phenoxy) is 1. The van der Waals surface area contributed by atoms with Crippen LogP contribution in [0.15, 0.2) is 35.6 Å². The average Bonchev–Trinajstić information content (AvgIpc) is 3.59. The molecule has 0 radical (unpaired) electrons. The van der Waals surface area contributed by atoms with Crippen molar-refractivity contribution in [3.63, 3.8) is 0 Å². The van der Waals surface area contributed by atoms with Gasteiger partial charge in [-0.05, 0) is 66.9 Å². The fourth-order valence-electron chi connectivity index (χ4n) is 6.11. The van der Waals surface area contributed by atoms with Gasteiger partial charge in [-0.15, -0.1) is 22.0 Å². The molecule has 1 amide bonds. The number of pyridine rings is 1. The first-order valence-corrected chi connectivity index (χ1v) is 16.7. The van der Waals surface area contributed by atoms with Crippen molar-refractivity contribution in [2.75, 3.05) is 43.6 Å². The van der Waals surface area contributed by atoms with Gasteiger partial charge < -0.3 is 19.5 Å². The number of carbonyl (C=O) groups is 1. The molecule has 0 bridgehead atoms. The van der Waals surface area contributed by atoms with Crippen LogP contribution in [0.3, 0.4) is 0 Å². The normalized spacial score (nSPS) is 18.5. The fourth-order valence-corrected chi connectivity index (χ4v) is 6.94. The highest BCUT2D eigenvalue weighted by Gasteiger charge is 2.44. The molecule has 1 atom stereocenters. The van der Waals surface area contributed by atoms with Gasteiger partial charge in [-0.3, -0.25) is 14.6 Å². The van der Waals surface area contributed by atoms with Gasteiger partial charge in [0.15, 0.2) is 0 Å². The summed E-state index contributed by atoms with van der Waals surface area (Å²) in [6.07, 6.45) is -0.398. The molecule has 5 heterocycles. The summed E-state index contributed by atoms with van der Waals surface area (Å²) < 4.78 is 50.6. The predicted octanol–water partition coefficient (Wildman–Crippen LogP) is 4.36. The molecular weight excluding hydrogens is 621 g/mol. The molecular formula is C32H41F3N6O4S. The zero-order valence-corrected chi connectivity index (χ0v) is 27.2. The number of aromatic nitrogens is 4. The molecule has 10 nitrogen and oxygen atoms in total. The maximum absolute atomic E-state index is 14.4. The van der Waals surface area contributed by atoms with Crippen molar-refractivity contribution >= 4 is 23.5 Å². The molecule has 0 saturated carbocycles. The summed E-state index contributed by atoms with van der Waals surface area (Å²) in [5.74, 6) is 0.567. The largest absolute Gasteiger partial charge is 0.416 e. The zero-order chi connectivity index (χ0) is 33.1. The maximum Gasteiger partial charge on any atom is 0.416 e. The number of benzene rings is 1. The van der Waals surface area contributed by atoms with E-state index in [1.54, 1.807) is 18.5 Å². The van der Waals surface area contributed by atoms with E-state index in [-0.39, 0.29) is 29.2 Å². The van der Waals surface area contributed by atoms with E-state index in [9.17, 15) is 28.2 Å². The SMILES string of the molecule is CC.Cn1cnnc1CC1(c2cc(SCC(O)CO)nc(N3Cc4c(cc(CN5CCCCC5)cc4C(F)(F)F)C3=O)c2)COC1. The van der Waals surface area contributed by atoms with Crippen molar-refractivity contribution in [3.8, 4) is 0 Å². The fraction of sp³-hybridized carbons (Fsp3) is 0.562. The quantitative estimate of drug-likeness (QED) is 0.306. The number of carbonyl (C=O) groups excluding carboxylic acids is 1. The first-order chi connectivity index (χ1) is 22.1. The molecule has 2 N–H and O–H groups in total. The standard InChI is InChI=1S/C30H35F3N6O4S.C2H6/c1-37-18-34-36-26(37)11-29(16-43-17-29)20-9-25(35-27(10-20)44-15-21(41)14-40)39-13-23-22(28(39)42)7-19(8-24(23)30(31,32)33)12-38-5-3-2-4-6-38;1-2/h7-10,18,21,40-41H,2-6,11-17H2,1H3;1-2H3. The van der Waals surface area contributed by atoms with E-state index in [1.165, 1.54) is 22.7 Å². The maximum atomic E-state index is 14.4. The van der Waals surface area contributed by atoms with Crippen LogP contribution in [0.25, 0.3) is 0 Å². The Labute approximate surface area is 271 Å². The van der Waals surface area contributed by atoms with Crippen molar-refractivity contribution in [3.05, 3.63) is 64.2 Å². The van der Waals surface area contributed by atoms with Crippen molar-refractivity contribution in [2.45, 2.75) is 75.3 Å². The van der Waals surface area contributed by atoms with Crippen molar-refractivity contribution < 1.29 is 32.9 Å². The van der Waals surface area contributed by atoms with Crippen LogP contribution in [0.4, 0.5) is 19.0 Å². The minimum atomic E-state index is -4.63. The number of hydrogen-bond acceptors (Lipinski definition) is 9. The predicted molar refractivity (Wildman–Crippen MR) is 168 cm³/mol. The van der Waals surface area contributed by atoms with Crippen LogP contribution < -0.4 is 4.90 Å². The number of fused-ring (bicyclic) bond motifs is 1. The first-order valence-electron chi connectivity index (χ1n) is 15.7. The lowest BCUT2D eigenvalue weighted by molar-refractivity contribution is -0.138. The van der Waals surface area contributed by atoms with E-state index in [0.29, 0.717) is 36.8 Å². The van der Waals surface area contributed by atoms with Gasteiger partial charge in [-0.2, -0.15) is 13.2 Å². The molecule has 0 aliphatic carbocycles. The van der Waals surface area contributed by atoms with Crippen LogP contribution in [0, 0.1) is 0 Å². The van der Waals surface area contributed by atoms with Crippen LogP contribution in [0.1, 0.15) is 71.5 Å². The molecule has 250 valence electrons. The van der Waals surface area contributed by atoms with Crippen LogP contribution in [-0.2, 0) is 42.9 Å². The Hall–Kier alpha value is -3.04. The zero-order valence-electron chi connectivity index (χ0n) is 26.4. The third-order valence-corrected chi connectivity index (χ3v) is 9.69. The highest BCUT2D eigenvalue weighted by Crippen LogP contribution is 2.42. The molecule has 2 saturated heterocycles. The Morgan fingerprint density at radius 2 is 1.85 bits per heavy atom. The number of rotatable bonds is 10. The van der Waals surface area contributed by atoms with Gasteiger partial charge in [0.2, 0.25) is 0 Å². The number of alkyl halides is 3. The summed E-state index contributed by atoms with van der Waals surface area (Å²) in [7, 11) is 1.84. The van der Waals surface area contributed by atoms with Crippen molar-refractivity contribution in [1.82, 2.24) is 24.6 Å². The third kappa shape index (κ3) is 7.25. The van der Waals surface area contributed by atoms with E-state index in [0.717, 1.165) is 43.7 Å². The van der Waals surface area contributed by atoms with Gasteiger partial charge >= 0.3 is 6.18 Å². The van der Waals surface area contributed by atoms with Crippen molar-refractivity contribution in [2.24, 2.45) is 7.05 Å². The molecule has 3 aliphatic heterocycles. The lowest BCUT2D eigenvalue weighted by Gasteiger charge is -2.42. The molecule has 3 aliphatic rings. The van der Waals surface area contributed by atoms with Crippen LogP contribution in [0.2, 0.25) is 0 Å². The van der Waals surface area contributed by atoms with Gasteiger partial charge in [0.25, 0.3) is 5.91 Å². The van der Waals surface area contributed by atoms with Crippen LogP contribution in [0.5, 0.6) is 0 Å². The van der Waals surface area contributed by atoms with Crippen LogP contribution in [-0.4, -0.2) is 85.5 Å². The number of aliphatic hydroxyl groups is 2. The molecule has 3 aromatic rings. The minimum absolute atomic E-state index is 0.0460. The van der Waals surface area contributed by atoms with Gasteiger partial charge in [-0.1, -0.05) is 20.3 Å². The van der Waals surface area contributed by atoms with Gasteiger partial charge in [0.05, 0.1) is 43.1 Å². The highest BCUT2D eigenvalue weighted by atomic mass is 32.2. The van der Waals surface area contributed by atoms with E-state index in [4.69, 9.17) is 4.74 Å². The summed E-state index contributed by atoms with van der Waals surface area (Å²) >= 11 is 1.20. The summed E-state index contributed by atoms with van der Waals surface area (Å²) in [4.78, 5) is 22.0. The molecule has 2 fully saturated rings. The number of amides is 1. The Bertz CT molecular complexity index is 1520. The van der Waals surface area contributed by atoms with Crippen LogP contribution >= 0.6 is 11.8 Å². The number of piperidine rings is 1. The first kappa shape index (κ1) is 34.3. The Morgan fingerprint density at radius 1 is 1.11 bits per heavy atom. The second kappa shape index (κ2) is 14.4. The summed E-state index contributed by atoms with van der Waals surface area (Å²) in [5.41, 5.74) is -0.0485. The number of anilines is 1. The van der Waals surface area contributed by atoms with E-state index < -0.39 is 35.8 Å². The van der Waals surface area contributed by atoms with Gasteiger partial charge in [0.1, 0.15) is 18.0 Å². The average molecular weight is 663 g/mol. The number of aryl methyl sites for hydroxylation is 1. The lowest BCUT2D eigenvalue weighted by Crippen LogP contribution is -2.49. The molecule has 1 unspecified atom stereocenters. The highest BCUT2D eigenvalue weighted by molar-refractivity contribution is 7.99. The number of halogens is 3. The molecule has 14 heteroatoms.